The summed E-state index contributed by atoms with van der Waals surface area (Å²) in [5.74, 6) is 0. The van der Waals surface area contributed by atoms with Gasteiger partial charge in [0.05, 0.1) is 0 Å². The van der Waals surface area contributed by atoms with E-state index in [1.165, 1.54) is 36.0 Å². The highest BCUT2D eigenvalue weighted by Gasteiger charge is 2.21. The van der Waals surface area contributed by atoms with Crippen molar-refractivity contribution in [3.05, 3.63) is 32.7 Å². The first-order valence-electron chi connectivity index (χ1n) is 7.03. The molecule has 0 bridgehead atoms. The maximum absolute atomic E-state index is 3.77. The minimum absolute atomic E-state index is 0.379. The van der Waals surface area contributed by atoms with Crippen LogP contribution in [0.4, 0.5) is 0 Å². The second-order valence-electron chi connectivity index (χ2n) is 5.29. The molecule has 0 aliphatic carbocycles. The highest BCUT2D eigenvalue weighted by atomic mass is 79.9. The number of halogens is 2. The van der Waals surface area contributed by atoms with Crippen LogP contribution in [0.25, 0.3) is 0 Å². The maximum Gasteiger partial charge on any atom is 0.0306 e. The van der Waals surface area contributed by atoms with Crippen LogP contribution in [0.2, 0.25) is 0 Å². The van der Waals surface area contributed by atoms with E-state index in [0.29, 0.717) is 12.1 Å². The van der Waals surface area contributed by atoms with Gasteiger partial charge >= 0.3 is 0 Å². The van der Waals surface area contributed by atoms with Gasteiger partial charge in [-0.1, -0.05) is 44.8 Å². The summed E-state index contributed by atoms with van der Waals surface area (Å²) in [5.41, 5.74) is 1.33. The minimum Gasteiger partial charge on any atom is -0.306 e. The number of rotatable bonds is 4. The molecular formula is C15H22Br2N2. The van der Waals surface area contributed by atoms with Gasteiger partial charge in [0.2, 0.25) is 0 Å². The Morgan fingerprint density at radius 3 is 2.89 bits per heavy atom. The number of hydrogen-bond acceptors (Lipinski definition) is 2. The molecule has 1 saturated heterocycles. The van der Waals surface area contributed by atoms with Crippen molar-refractivity contribution in [1.29, 1.82) is 0 Å². The van der Waals surface area contributed by atoms with E-state index < -0.39 is 0 Å². The van der Waals surface area contributed by atoms with E-state index in [4.69, 9.17) is 0 Å². The topological polar surface area (TPSA) is 15.3 Å². The molecule has 1 aliphatic rings. The van der Waals surface area contributed by atoms with Crippen molar-refractivity contribution in [2.24, 2.45) is 0 Å². The van der Waals surface area contributed by atoms with E-state index >= 15 is 0 Å². The average Bonchev–Trinajstić information content (AvgIpc) is 2.38. The first-order chi connectivity index (χ1) is 9.10. The number of likely N-dealkylation sites (tertiary alicyclic amines) is 1. The number of hydrogen-bond donors (Lipinski definition) is 1. The van der Waals surface area contributed by atoms with Crippen molar-refractivity contribution in [1.82, 2.24) is 10.2 Å². The number of piperidine rings is 1. The summed E-state index contributed by atoms with van der Waals surface area (Å²) in [6, 6.07) is 7.40. The lowest BCUT2D eigenvalue weighted by Crippen LogP contribution is -2.46. The van der Waals surface area contributed by atoms with Gasteiger partial charge in [0.15, 0.2) is 0 Å². The largest absolute Gasteiger partial charge is 0.306 e. The summed E-state index contributed by atoms with van der Waals surface area (Å²) in [5, 5.41) is 3.77. The Morgan fingerprint density at radius 1 is 1.42 bits per heavy atom. The molecule has 4 heteroatoms. The van der Waals surface area contributed by atoms with Crippen LogP contribution in [0, 0.1) is 0 Å². The van der Waals surface area contributed by atoms with Gasteiger partial charge < -0.3 is 10.2 Å². The Kier molecular flexibility index (Phi) is 5.87. The quantitative estimate of drug-likeness (QED) is 0.823. The molecule has 0 aromatic heterocycles. The van der Waals surface area contributed by atoms with Crippen molar-refractivity contribution in [2.45, 2.75) is 38.8 Å². The second-order valence-corrected chi connectivity index (χ2v) is 7.06. The predicted octanol–water partition coefficient (Wildman–Crippen LogP) is 4.35. The van der Waals surface area contributed by atoms with Crippen molar-refractivity contribution in [2.75, 3.05) is 19.6 Å². The Bertz CT molecular complexity index is 423. The van der Waals surface area contributed by atoms with E-state index in [2.05, 4.69) is 74.1 Å². The van der Waals surface area contributed by atoms with E-state index in [9.17, 15) is 0 Å². The first-order valence-corrected chi connectivity index (χ1v) is 8.62. The summed E-state index contributed by atoms with van der Waals surface area (Å²) < 4.78 is 2.29. The summed E-state index contributed by atoms with van der Waals surface area (Å²) >= 11 is 7.16. The number of benzene rings is 1. The van der Waals surface area contributed by atoms with Crippen LogP contribution < -0.4 is 5.32 Å². The molecule has 106 valence electrons. The van der Waals surface area contributed by atoms with Crippen LogP contribution >= 0.6 is 31.9 Å². The number of nitrogens with one attached hydrogen (secondary N) is 1. The molecule has 1 aliphatic heterocycles. The van der Waals surface area contributed by atoms with E-state index in [1.807, 2.05) is 0 Å². The molecule has 0 amide bonds. The Morgan fingerprint density at radius 2 is 2.21 bits per heavy atom. The zero-order valence-corrected chi connectivity index (χ0v) is 14.8. The third-order valence-electron chi connectivity index (χ3n) is 3.87. The number of nitrogens with zero attached hydrogens (tertiary/aromatic N) is 1. The summed E-state index contributed by atoms with van der Waals surface area (Å²) in [6.07, 6.45) is 2.59. The summed E-state index contributed by atoms with van der Waals surface area (Å²) in [7, 11) is 0. The standard InChI is InChI=1S/C15H22Br2N2/c1-3-19-8-4-5-13(10-19)18-11(2)14-7-6-12(16)9-15(14)17/h6-7,9,11,13,18H,3-5,8,10H2,1-2H3. The van der Waals surface area contributed by atoms with Crippen molar-refractivity contribution in [3.8, 4) is 0 Å². The van der Waals surface area contributed by atoms with Gasteiger partial charge in [0, 0.05) is 27.6 Å². The van der Waals surface area contributed by atoms with Gasteiger partial charge in [0.25, 0.3) is 0 Å². The smallest absolute Gasteiger partial charge is 0.0306 e. The van der Waals surface area contributed by atoms with Crippen LogP contribution in [0.15, 0.2) is 27.1 Å². The molecule has 2 unspecified atom stereocenters. The van der Waals surface area contributed by atoms with Crippen molar-refractivity contribution >= 4 is 31.9 Å². The molecule has 1 N–H and O–H groups in total. The maximum atomic E-state index is 3.77. The molecule has 2 rings (SSSR count). The second kappa shape index (κ2) is 7.21. The number of likely N-dealkylation sites (N-methyl/N-ethyl adjacent to an activating group) is 1. The van der Waals surface area contributed by atoms with E-state index in [0.717, 1.165) is 11.0 Å². The zero-order chi connectivity index (χ0) is 13.8. The molecule has 0 spiro atoms. The SMILES string of the molecule is CCN1CCCC(NC(C)c2ccc(Br)cc2Br)C1. The van der Waals surface area contributed by atoms with E-state index in [-0.39, 0.29) is 0 Å². The highest BCUT2D eigenvalue weighted by molar-refractivity contribution is 9.11. The van der Waals surface area contributed by atoms with Crippen LogP contribution in [0.1, 0.15) is 38.3 Å². The van der Waals surface area contributed by atoms with Gasteiger partial charge in [-0.25, -0.2) is 0 Å². The molecule has 2 nitrogen and oxygen atoms in total. The summed E-state index contributed by atoms with van der Waals surface area (Å²) in [4.78, 5) is 2.53. The molecule has 1 fully saturated rings. The predicted molar refractivity (Wildman–Crippen MR) is 88.5 cm³/mol. The molecule has 1 aromatic carbocycles. The Labute approximate surface area is 133 Å². The normalized spacial score (nSPS) is 22.4. The fourth-order valence-electron chi connectivity index (χ4n) is 2.77. The van der Waals surface area contributed by atoms with Gasteiger partial charge in [-0.05, 0) is 50.6 Å². The van der Waals surface area contributed by atoms with Gasteiger partial charge in [-0.15, -0.1) is 0 Å². The molecular weight excluding hydrogens is 368 g/mol. The van der Waals surface area contributed by atoms with Crippen LogP contribution in [0.3, 0.4) is 0 Å². The molecule has 2 atom stereocenters. The Hall–Kier alpha value is 0.1000. The Balaban J connectivity index is 1.98. The third kappa shape index (κ3) is 4.28. The lowest BCUT2D eigenvalue weighted by molar-refractivity contribution is 0.192. The third-order valence-corrected chi connectivity index (χ3v) is 5.05. The zero-order valence-electron chi connectivity index (χ0n) is 11.6. The molecule has 1 heterocycles. The monoisotopic (exact) mass is 388 g/mol. The van der Waals surface area contributed by atoms with Crippen LogP contribution in [0.5, 0.6) is 0 Å². The average molecular weight is 390 g/mol. The fraction of sp³-hybridized carbons (Fsp3) is 0.600. The first kappa shape index (κ1) is 15.5. The van der Waals surface area contributed by atoms with E-state index in [1.54, 1.807) is 0 Å². The van der Waals surface area contributed by atoms with Crippen molar-refractivity contribution in [3.63, 3.8) is 0 Å². The van der Waals surface area contributed by atoms with Gasteiger partial charge in [-0.2, -0.15) is 0 Å². The molecule has 1 aromatic rings. The minimum atomic E-state index is 0.379. The lowest BCUT2D eigenvalue weighted by Gasteiger charge is -2.34. The van der Waals surface area contributed by atoms with Gasteiger partial charge in [0.1, 0.15) is 0 Å². The molecule has 0 saturated carbocycles. The van der Waals surface area contributed by atoms with Crippen LogP contribution in [-0.4, -0.2) is 30.6 Å². The van der Waals surface area contributed by atoms with Crippen LogP contribution in [-0.2, 0) is 0 Å². The molecule has 19 heavy (non-hydrogen) atoms. The fourth-order valence-corrected chi connectivity index (χ4v) is 4.17. The highest BCUT2D eigenvalue weighted by Crippen LogP contribution is 2.27. The lowest BCUT2D eigenvalue weighted by atomic mass is 10.0. The van der Waals surface area contributed by atoms with Gasteiger partial charge in [-0.3, -0.25) is 0 Å². The molecule has 0 radical (unpaired) electrons. The van der Waals surface area contributed by atoms with Crippen molar-refractivity contribution < 1.29 is 0 Å². The summed E-state index contributed by atoms with van der Waals surface area (Å²) in [6.45, 7) is 8.09.